The van der Waals surface area contributed by atoms with Crippen LogP contribution in [-0.2, 0) is 9.47 Å². The van der Waals surface area contributed by atoms with Gasteiger partial charge in [0.05, 0.1) is 19.3 Å². The fourth-order valence-electron chi connectivity index (χ4n) is 1.62. The summed E-state index contributed by atoms with van der Waals surface area (Å²) in [5.41, 5.74) is 0. The van der Waals surface area contributed by atoms with E-state index in [1.165, 1.54) is 30.8 Å². The molecule has 0 aromatic heterocycles. The molecule has 2 nitrogen and oxygen atoms in total. The van der Waals surface area contributed by atoms with E-state index in [1.807, 2.05) is 23.5 Å². The van der Waals surface area contributed by atoms with E-state index in [0.717, 1.165) is 25.1 Å². The summed E-state index contributed by atoms with van der Waals surface area (Å²) in [7, 11) is 0. The van der Waals surface area contributed by atoms with Gasteiger partial charge in [-0.3, -0.25) is 0 Å². The van der Waals surface area contributed by atoms with Crippen LogP contribution in [0.2, 0.25) is 0 Å². The van der Waals surface area contributed by atoms with Crippen LogP contribution in [0.5, 0.6) is 0 Å². The summed E-state index contributed by atoms with van der Waals surface area (Å²) in [6.07, 6.45) is 3.98. The molecule has 0 aromatic carbocycles. The molecule has 2 heterocycles. The Morgan fingerprint density at radius 2 is 2.18 bits per heavy atom. The summed E-state index contributed by atoms with van der Waals surface area (Å²) >= 11 is 4.01. The van der Waals surface area contributed by atoms with Gasteiger partial charge in [-0.1, -0.05) is 0 Å². The van der Waals surface area contributed by atoms with Gasteiger partial charge in [0, 0.05) is 28.1 Å². The molecule has 3 unspecified atom stereocenters. The van der Waals surface area contributed by atoms with Gasteiger partial charge in [0.25, 0.3) is 0 Å². The lowest BCUT2D eigenvalue weighted by Gasteiger charge is -2.15. The van der Waals surface area contributed by atoms with Gasteiger partial charge < -0.3 is 9.47 Å². The van der Waals surface area contributed by atoms with Crippen molar-refractivity contribution in [3.05, 3.63) is 0 Å². The lowest BCUT2D eigenvalue weighted by atomic mass is 10.2. The molecule has 2 aliphatic heterocycles. The first-order valence-electron chi connectivity index (χ1n) is 6.63. The average Bonchev–Trinajstić information content (AvgIpc) is 3.19. The number of hydrogen-bond acceptors (Lipinski definition) is 4. The second-order valence-electron chi connectivity index (χ2n) is 5.39. The van der Waals surface area contributed by atoms with Crippen molar-refractivity contribution in [3.63, 3.8) is 0 Å². The molecule has 17 heavy (non-hydrogen) atoms. The lowest BCUT2D eigenvalue weighted by Crippen LogP contribution is -2.18. The zero-order chi connectivity index (χ0) is 12.1. The van der Waals surface area contributed by atoms with E-state index in [1.54, 1.807) is 0 Å². The van der Waals surface area contributed by atoms with E-state index < -0.39 is 0 Å². The first-order valence-corrected chi connectivity index (χ1v) is 8.66. The molecule has 4 heteroatoms. The Hall–Kier alpha value is 0.620. The lowest BCUT2D eigenvalue weighted by molar-refractivity contribution is 0.0503. The van der Waals surface area contributed by atoms with Crippen LogP contribution in [0, 0.1) is 0 Å². The Morgan fingerprint density at radius 3 is 2.82 bits per heavy atom. The van der Waals surface area contributed by atoms with Crippen molar-refractivity contribution in [3.8, 4) is 0 Å². The third-order valence-electron chi connectivity index (χ3n) is 3.17. The van der Waals surface area contributed by atoms with E-state index >= 15 is 0 Å². The standard InChI is InChI=1S/C13H24O2S2/c1-11(15-9-13(2)10-17-13)5-3-4-6-14-7-12-8-16-12/h11-12H,3-10H2,1-2H3. The van der Waals surface area contributed by atoms with Crippen molar-refractivity contribution in [1.82, 2.24) is 0 Å². The van der Waals surface area contributed by atoms with Crippen molar-refractivity contribution in [2.24, 2.45) is 0 Å². The summed E-state index contributed by atoms with van der Waals surface area (Å²) < 4.78 is 11.9. The Labute approximate surface area is 114 Å². The highest BCUT2D eigenvalue weighted by Gasteiger charge is 2.39. The molecule has 3 atom stereocenters. The average molecular weight is 276 g/mol. The molecular weight excluding hydrogens is 252 g/mol. The highest BCUT2D eigenvalue weighted by Crippen LogP contribution is 2.44. The molecule has 2 fully saturated rings. The van der Waals surface area contributed by atoms with E-state index in [4.69, 9.17) is 9.47 Å². The Balaban J connectivity index is 1.36. The number of unbranched alkanes of at least 4 members (excludes halogenated alkanes) is 1. The predicted molar refractivity (Wildman–Crippen MR) is 77.2 cm³/mol. The molecule has 0 bridgehead atoms. The minimum absolute atomic E-state index is 0.409. The maximum atomic E-state index is 5.86. The van der Waals surface area contributed by atoms with Crippen LogP contribution in [0.15, 0.2) is 0 Å². The third kappa shape index (κ3) is 6.37. The van der Waals surface area contributed by atoms with E-state index in [9.17, 15) is 0 Å². The van der Waals surface area contributed by atoms with E-state index in [-0.39, 0.29) is 0 Å². The van der Waals surface area contributed by atoms with Crippen LogP contribution in [0.1, 0.15) is 33.1 Å². The number of rotatable bonds is 10. The Kier molecular flexibility index (Phi) is 5.52. The first-order chi connectivity index (χ1) is 8.18. The van der Waals surface area contributed by atoms with Crippen molar-refractivity contribution in [1.29, 1.82) is 0 Å². The molecule has 0 saturated carbocycles. The molecule has 0 aliphatic carbocycles. The minimum Gasteiger partial charge on any atom is -0.380 e. The number of ether oxygens (including phenoxy) is 2. The van der Waals surface area contributed by atoms with Gasteiger partial charge in [0.1, 0.15) is 0 Å². The molecule has 0 amide bonds. The van der Waals surface area contributed by atoms with Gasteiger partial charge in [-0.25, -0.2) is 0 Å². The summed E-state index contributed by atoms with van der Waals surface area (Å²) in [6.45, 7) is 7.30. The zero-order valence-corrected chi connectivity index (χ0v) is 12.6. The fourth-order valence-corrected chi connectivity index (χ4v) is 2.53. The van der Waals surface area contributed by atoms with Crippen LogP contribution < -0.4 is 0 Å². The molecule has 0 aromatic rings. The van der Waals surface area contributed by atoms with Gasteiger partial charge in [-0.05, 0) is 33.1 Å². The van der Waals surface area contributed by atoms with Crippen LogP contribution in [0.4, 0.5) is 0 Å². The topological polar surface area (TPSA) is 18.5 Å². The zero-order valence-electron chi connectivity index (χ0n) is 10.9. The highest BCUT2D eigenvalue weighted by atomic mass is 32.2. The fraction of sp³-hybridized carbons (Fsp3) is 1.00. The van der Waals surface area contributed by atoms with Crippen molar-refractivity contribution < 1.29 is 9.47 Å². The monoisotopic (exact) mass is 276 g/mol. The molecule has 0 N–H and O–H groups in total. The van der Waals surface area contributed by atoms with E-state index in [2.05, 4.69) is 13.8 Å². The molecule has 0 spiro atoms. The second kappa shape index (κ2) is 6.69. The molecule has 2 saturated heterocycles. The second-order valence-corrected chi connectivity index (χ2v) is 8.28. The van der Waals surface area contributed by atoms with Gasteiger partial charge in [0.15, 0.2) is 0 Å². The molecule has 2 rings (SSSR count). The highest BCUT2D eigenvalue weighted by molar-refractivity contribution is 8.07. The predicted octanol–water partition coefficient (Wildman–Crippen LogP) is 3.20. The summed E-state index contributed by atoms with van der Waals surface area (Å²) in [4.78, 5) is 0. The Morgan fingerprint density at radius 1 is 1.41 bits per heavy atom. The summed E-state index contributed by atoms with van der Waals surface area (Å²) in [6, 6.07) is 0. The maximum Gasteiger partial charge on any atom is 0.0622 e. The minimum atomic E-state index is 0.409. The number of thioether (sulfide) groups is 2. The van der Waals surface area contributed by atoms with Gasteiger partial charge in [-0.2, -0.15) is 23.5 Å². The van der Waals surface area contributed by atoms with Gasteiger partial charge >= 0.3 is 0 Å². The third-order valence-corrected chi connectivity index (χ3v) is 5.50. The first kappa shape index (κ1) is 14.0. The molecule has 100 valence electrons. The molecule has 0 radical (unpaired) electrons. The quantitative estimate of drug-likeness (QED) is 0.450. The van der Waals surface area contributed by atoms with Crippen molar-refractivity contribution >= 4 is 23.5 Å². The van der Waals surface area contributed by atoms with Crippen LogP contribution >= 0.6 is 23.5 Å². The Bertz CT molecular complexity index is 227. The van der Waals surface area contributed by atoms with Crippen molar-refractivity contribution in [2.75, 3.05) is 31.3 Å². The van der Waals surface area contributed by atoms with E-state index in [0.29, 0.717) is 10.9 Å². The summed E-state index contributed by atoms with van der Waals surface area (Å²) in [5, 5.41) is 0.814. The smallest absolute Gasteiger partial charge is 0.0622 e. The van der Waals surface area contributed by atoms with Crippen LogP contribution in [0.25, 0.3) is 0 Å². The maximum absolute atomic E-state index is 5.86. The largest absolute Gasteiger partial charge is 0.380 e. The normalized spacial score (nSPS) is 32.5. The van der Waals surface area contributed by atoms with Crippen LogP contribution in [0.3, 0.4) is 0 Å². The van der Waals surface area contributed by atoms with Crippen molar-refractivity contribution in [2.45, 2.75) is 49.2 Å². The molecule has 2 aliphatic rings. The summed E-state index contributed by atoms with van der Waals surface area (Å²) in [5.74, 6) is 2.58. The van der Waals surface area contributed by atoms with Gasteiger partial charge in [0.2, 0.25) is 0 Å². The van der Waals surface area contributed by atoms with Crippen LogP contribution in [-0.4, -0.2) is 47.4 Å². The molecular formula is C13H24O2S2. The SMILES string of the molecule is CC(CCCCOCC1CS1)OCC1(C)CS1. The number of hydrogen-bond donors (Lipinski definition) is 0. The van der Waals surface area contributed by atoms with Gasteiger partial charge in [-0.15, -0.1) is 0 Å².